The zero-order chi connectivity index (χ0) is 20.1. The Labute approximate surface area is 169 Å². The smallest absolute Gasteiger partial charge is 0.243 e. The van der Waals surface area contributed by atoms with Gasteiger partial charge in [0.25, 0.3) is 0 Å². The summed E-state index contributed by atoms with van der Waals surface area (Å²) in [5, 5.41) is 7.06. The van der Waals surface area contributed by atoms with Gasteiger partial charge in [0.2, 0.25) is 5.91 Å². The first-order valence-electron chi connectivity index (χ1n) is 9.68. The van der Waals surface area contributed by atoms with Gasteiger partial charge in [0.05, 0.1) is 12.1 Å². The van der Waals surface area contributed by atoms with Crippen LogP contribution in [-0.2, 0) is 11.2 Å². The molecule has 29 heavy (non-hydrogen) atoms. The summed E-state index contributed by atoms with van der Waals surface area (Å²) in [7, 11) is 0. The number of nitrogens with zero attached hydrogens (tertiary/aromatic N) is 2. The van der Waals surface area contributed by atoms with E-state index in [0.717, 1.165) is 34.1 Å². The molecule has 4 aromatic rings. The standard InChI is InChI=1S/C24H22N4O/c1-2-17-10-6-8-14-20(17)26-22(29)16-25-24-19-13-7-9-15-21(19)27-23(28-24)18-11-4-3-5-12-18/h3-15H,2,16H2,1H3,(H,26,29)(H,25,27,28). The number of anilines is 2. The molecule has 0 bridgehead atoms. The number of aryl methyl sites for hydroxylation is 1. The molecule has 1 heterocycles. The number of aromatic nitrogens is 2. The summed E-state index contributed by atoms with van der Waals surface area (Å²) in [5.41, 5.74) is 3.72. The second-order valence-corrected chi connectivity index (χ2v) is 6.69. The van der Waals surface area contributed by atoms with Crippen LogP contribution in [0.3, 0.4) is 0 Å². The predicted octanol–water partition coefficient (Wildman–Crippen LogP) is 4.91. The maximum Gasteiger partial charge on any atom is 0.243 e. The molecule has 1 amide bonds. The monoisotopic (exact) mass is 382 g/mol. The van der Waals surface area contributed by atoms with Gasteiger partial charge in [0.1, 0.15) is 5.82 Å². The molecule has 5 heteroatoms. The molecule has 2 N–H and O–H groups in total. The molecule has 144 valence electrons. The molecule has 0 atom stereocenters. The summed E-state index contributed by atoms with van der Waals surface area (Å²) in [6.45, 7) is 2.19. The number of benzene rings is 3. The van der Waals surface area contributed by atoms with Crippen molar-refractivity contribution in [2.24, 2.45) is 0 Å². The first-order valence-corrected chi connectivity index (χ1v) is 9.68. The van der Waals surface area contributed by atoms with Crippen LogP contribution in [0.4, 0.5) is 11.5 Å². The van der Waals surface area contributed by atoms with Crippen molar-refractivity contribution in [2.75, 3.05) is 17.2 Å². The molecular formula is C24H22N4O. The third kappa shape index (κ3) is 4.24. The highest BCUT2D eigenvalue weighted by Crippen LogP contribution is 2.24. The molecule has 0 saturated heterocycles. The van der Waals surface area contributed by atoms with Crippen LogP contribution in [0, 0.1) is 0 Å². The summed E-state index contributed by atoms with van der Waals surface area (Å²) in [5.74, 6) is 1.16. The fourth-order valence-electron chi connectivity index (χ4n) is 3.24. The van der Waals surface area contributed by atoms with Crippen molar-refractivity contribution in [1.82, 2.24) is 9.97 Å². The largest absolute Gasteiger partial charge is 0.360 e. The van der Waals surface area contributed by atoms with E-state index in [1.165, 1.54) is 0 Å². The lowest BCUT2D eigenvalue weighted by Gasteiger charge is -2.12. The van der Waals surface area contributed by atoms with E-state index in [4.69, 9.17) is 0 Å². The van der Waals surface area contributed by atoms with Crippen molar-refractivity contribution in [2.45, 2.75) is 13.3 Å². The highest BCUT2D eigenvalue weighted by Gasteiger charge is 2.11. The van der Waals surface area contributed by atoms with Gasteiger partial charge >= 0.3 is 0 Å². The molecule has 4 rings (SSSR count). The van der Waals surface area contributed by atoms with Crippen LogP contribution in [0.5, 0.6) is 0 Å². The lowest BCUT2D eigenvalue weighted by Crippen LogP contribution is -2.23. The molecule has 3 aromatic carbocycles. The number of hydrogen-bond acceptors (Lipinski definition) is 4. The fraction of sp³-hybridized carbons (Fsp3) is 0.125. The number of fused-ring (bicyclic) bond motifs is 1. The van der Waals surface area contributed by atoms with E-state index < -0.39 is 0 Å². The number of para-hydroxylation sites is 2. The highest BCUT2D eigenvalue weighted by molar-refractivity contribution is 5.96. The van der Waals surface area contributed by atoms with Gasteiger partial charge in [0.15, 0.2) is 5.82 Å². The molecule has 0 spiro atoms. The normalized spacial score (nSPS) is 10.7. The molecule has 0 unspecified atom stereocenters. The fourth-order valence-corrected chi connectivity index (χ4v) is 3.24. The lowest BCUT2D eigenvalue weighted by atomic mass is 10.1. The van der Waals surface area contributed by atoms with Gasteiger partial charge in [-0.15, -0.1) is 0 Å². The van der Waals surface area contributed by atoms with Crippen LogP contribution in [0.2, 0.25) is 0 Å². The van der Waals surface area contributed by atoms with Crippen LogP contribution >= 0.6 is 0 Å². The van der Waals surface area contributed by atoms with Crippen molar-refractivity contribution < 1.29 is 4.79 Å². The first-order chi connectivity index (χ1) is 14.2. The number of rotatable bonds is 6. The van der Waals surface area contributed by atoms with E-state index in [1.54, 1.807) is 0 Å². The average molecular weight is 382 g/mol. The molecule has 0 saturated carbocycles. The Balaban J connectivity index is 1.58. The van der Waals surface area contributed by atoms with Crippen molar-refractivity contribution >= 4 is 28.3 Å². The van der Waals surface area contributed by atoms with E-state index in [9.17, 15) is 4.79 Å². The highest BCUT2D eigenvalue weighted by atomic mass is 16.1. The van der Waals surface area contributed by atoms with Crippen molar-refractivity contribution in [1.29, 1.82) is 0 Å². The third-order valence-corrected chi connectivity index (χ3v) is 4.72. The van der Waals surface area contributed by atoms with Gasteiger partial charge in [-0.25, -0.2) is 9.97 Å². The first kappa shape index (κ1) is 18.6. The SMILES string of the molecule is CCc1ccccc1NC(=O)CNc1nc(-c2ccccc2)nc2ccccc12. The van der Waals surface area contributed by atoms with Gasteiger partial charge in [-0.2, -0.15) is 0 Å². The Hall–Kier alpha value is -3.73. The predicted molar refractivity (Wildman–Crippen MR) is 118 cm³/mol. The Bertz CT molecular complexity index is 1140. The maximum atomic E-state index is 12.5. The molecule has 0 aliphatic heterocycles. The molecule has 0 aliphatic carbocycles. The zero-order valence-corrected chi connectivity index (χ0v) is 16.2. The minimum absolute atomic E-state index is 0.116. The minimum Gasteiger partial charge on any atom is -0.360 e. The third-order valence-electron chi connectivity index (χ3n) is 4.72. The molecule has 1 aromatic heterocycles. The molecular weight excluding hydrogens is 360 g/mol. The minimum atomic E-state index is -0.116. The van der Waals surface area contributed by atoms with Crippen molar-refractivity contribution in [3.05, 3.63) is 84.4 Å². The number of carbonyl (C=O) groups is 1. The van der Waals surface area contributed by atoms with Gasteiger partial charge in [0, 0.05) is 16.6 Å². The van der Waals surface area contributed by atoms with Crippen molar-refractivity contribution in [3.63, 3.8) is 0 Å². The maximum absolute atomic E-state index is 12.5. The average Bonchev–Trinajstić information content (AvgIpc) is 2.78. The van der Waals surface area contributed by atoms with Gasteiger partial charge in [-0.05, 0) is 30.2 Å². The molecule has 5 nitrogen and oxygen atoms in total. The molecule has 0 radical (unpaired) electrons. The van der Waals surface area contributed by atoms with E-state index in [0.29, 0.717) is 11.6 Å². The number of hydrogen-bond donors (Lipinski definition) is 2. The van der Waals surface area contributed by atoms with Crippen LogP contribution in [0.1, 0.15) is 12.5 Å². The Morgan fingerprint density at radius 1 is 0.862 bits per heavy atom. The van der Waals surface area contributed by atoms with E-state index >= 15 is 0 Å². The van der Waals surface area contributed by atoms with Gasteiger partial charge in [-0.3, -0.25) is 4.79 Å². The number of amides is 1. The van der Waals surface area contributed by atoms with Gasteiger partial charge in [-0.1, -0.05) is 67.6 Å². The van der Waals surface area contributed by atoms with Crippen LogP contribution in [0.15, 0.2) is 78.9 Å². The van der Waals surface area contributed by atoms with Crippen LogP contribution in [0.25, 0.3) is 22.3 Å². The zero-order valence-electron chi connectivity index (χ0n) is 16.2. The topological polar surface area (TPSA) is 66.9 Å². The second-order valence-electron chi connectivity index (χ2n) is 6.69. The quantitative estimate of drug-likeness (QED) is 0.497. The Morgan fingerprint density at radius 3 is 2.41 bits per heavy atom. The summed E-state index contributed by atoms with van der Waals surface area (Å²) in [6.07, 6.45) is 0.862. The summed E-state index contributed by atoms with van der Waals surface area (Å²) in [4.78, 5) is 21.9. The lowest BCUT2D eigenvalue weighted by molar-refractivity contribution is -0.114. The van der Waals surface area contributed by atoms with E-state index in [-0.39, 0.29) is 12.5 Å². The van der Waals surface area contributed by atoms with E-state index in [2.05, 4.69) is 27.5 Å². The van der Waals surface area contributed by atoms with E-state index in [1.807, 2.05) is 78.9 Å². The van der Waals surface area contributed by atoms with Crippen LogP contribution in [-0.4, -0.2) is 22.4 Å². The van der Waals surface area contributed by atoms with Gasteiger partial charge < -0.3 is 10.6 Å². The summed E-state index contributed by atoms with van der Waals surface area (Å²) in [6, 6.07) is 25.5. The molecule has 0 fully saturated rings. The number of carbonyl (C=O) groups excluding carboxylic acids is 1. The number of nitrogens with one attached hydrogen (secondary N) is 2. The van der Waals surface area contributed by atoms with Crippen molar-refractivity contribution in [3.8, 4) is 11.4 Å². The summed E-state index contributed by atoms with van der Waals surface area (Å²) >= 11 is 0. The summed E-state index contributed by atoms with van der Waals surface area (Å²) < 4.78 is 0. The molecule has 0 aliphatic rings. The van der Waals surface area contributed by atoms with Crippen LogP contribution < -0.4 is 10.6 Å². The Morgan fingerprint density at radius 2 is 1.59 bits per heavy atom. The Kier molecular flexibility index (Phi) is 5.47. The second kappa shape index (κ2) is 8.52.